The second-order valence-corrected chi connectivity index (χ2v) is 4.94. The van der Waals surface area contributed by atoms with Gasteiger partial charge in [0, 0.05) is 6.42 Å². The first-order chi connectivity index (χ1) is 10.3. The molecule has 22 heavy (non-hydrogen) atoms. The first kappa shape index (κ1) is 17.7. The van der Waals surface area contributed by atoms with Gasteiger partial charge in [0.05, 0.1) is 13.5 Å². The van der Waals surface area contributed by atoms with Crippen LogP contribution in [-0.4, -0.2) is 41.4 Å². The zero-order valence-electron chi connectivity index (χ0n) is 12.5. The van der Waals surface area contributed by atoms with E-state index in [9.17, 15) is 19.8 Å². The molecule has 5 N–H and O–H groups in total. The number of nitrogens with two attached hydrogens (primary N) is 1. The molecule has 1 aromatic rings. The molecule has 0 aliphatic heterocycles. The molecule has 0 amide bonds. The van der Waals surface area contributed by atoms with Crippen molar-refractivity contribution in [3.8, 4) is 11.5 Å². The van der Waals surface area contributed by atoms with Gasteiger partial charge in [-0.25, -0.2) is 10.2 Å². The molecule has 8 heteroatoms. The Morgan fingerprint density at radius 2 is 2.00 bits per heavy atom. The van der Waals surface area contributed by atoms with Gasteiger partial charge in [0.15, 0.2) is 11.5 Å². The lowest BCUT2D eigenvalue weighted by Gasteiger charge is -2.26. The Hall–Kier alpha value is -2.32. The summed E-state index contributed by atoms with van der Waals surface area (Å²) >= 11 is 0. The van der Waals surface area contributed by atoms with Gasteiger partial charge < -0.3 is 19.7 Å². The van der Waals surface area contributed by atoms with Crippen molar-refractivity contribution in [1.82, 2.24) is 5.43 Å². The summed E-state index contributed by atoms with van der Waals surface area (Å²) in [6.45, 7) is 1.40. The van der Waals surface area contributed by atoms with Crippen molar-refractivity contribution in [3.05, 3.63) is 23.8 Å². The summed E-state index contributed by atoms with van der Waals surface area (Å²) in [7, 11) is 1.24. The maximum absolute atomic E-state index is 12.1. The molecule has 1 aromatic carbocycles. The number of ether oxygens (including phenoxy) is 2. The molecule has 8 nitrogen and oxygen atoms in total. The molecule has 1 atom stereocenters. The number of esters is 2. The van der Waals surface area contributed by atoms with Crippen molar-refractivity contribution in [3.63, 3.8) is 0 Å². The van der Waals surface area contributed by atoms with Gasteiger partial charge >= 0.3 is 11.9 Å². The van der Waals surface area contributed by atoms with E-state index in [2.05, 4.69) is 10.2 Å². The third-order valence-electron chi connectivity index (χ3n) is 3.13. The minimum atomic E-state index is -1.25. The second-order valence-electron chi connectivity index (χ2n) is 4.94. The van der Waals surface area contributed by atoms with E-state index in [4.69, 9.17) is 10.6 Å². The molecule has 0 aromatic heterocycles. The number of hydrogen-bond donors (Lipinski definition) is 4. The van der Waals surface area contributed by atoms with Crippen LogP contribution < -0.4 is 11.3 Å². The van der Waals surface area contributed by atoms with Gasteiger partial charge in [-0.05, 0) is 24.6 Å². The summed E-state index contributed by atoms with van der Waals surface area (Å²) in [6, 6.07) is 4.18. The molecule has 0 saturated carbocycles. The van der Waals surface area contributed by atoms with Crippen molar-refractivity contribution in [2.24, 2.45) is 5.84 Å². The third kappa shape index (κ3) is 4.61. The van der Waals surface area contributed by atoms with Crippen LogP contribution in [0.2, 0.25) is 0 Å². The number of rotatable bonds is 7. The maximum Gasteiger partial charge on any atom is 0.327 e. The highest BCUT2D eigenvalue weighted by molar-refractivity contribution is 5.81. The van der Waals surface area contributed by atoms with Crippen LogP contribution in [0.25, 0.3) is 0 Å². The Morgan fingerprint density at radius 1 is 1.32 bits per heavy atom. The lowest BCUT2D eigenvalue weighted by atomic mass is 9.93. The van der Waals surface area contributed by atoms with E-state index in [0.717, 1.165) is 0 Å². The summed E-state index contributed by atoms with van der Waals surface area (Å²) in [5, 5.41) is 18.7. The Kier molecular flexibility index (Phi) is 6.14. The molecule has 0 radical (unpaired) electrons. The number of hydrogen-bond acceptors (Lipinski definition) is 8. The highest BCUT2D eigenvalue weighted by Crippen LogP contribution is 2.27. The van der Waals surface area contributed by atoms with E-state index >= 15 is 0 Å². The van der Waals surface area contributed by atoms with E-state index in [-0.39, 0.29) is 30.9 Å². The van der Waals surface area contributed by atoms with Crippen LogP contribution in [0.1, 0.15) is 18.9 Å². The molecule has 0 aliphatic carbocycles. The molecular formula is C14H20N2O6. The summed E-state index contributed by atoms with van der Waals surface area (Å²) in [5.41, 5.74) is 1.70. The Morgan fingerprint density at radius 3 is 2.55 bits per heavy atom. The summed E-state index contributed by atoms with van der Waals surface area (Å²) in [6.07, 6.45) is 0.0668. The average molecular weight is 312 g/mol. The fraction of sp³-hybridized carbons (Fsp3) is 0.429. The average Bonchev–Trinajstić information content (AvgIpc) is 2.50. The maximum atomic E-state index is 12.1. The number of aromatic hydroxyl groups is 2. The number of hydrazine groups is 1. The molecule has 0 aliphatic rings. The van der Waals surface area contributed by atoms with E-state index in [0.29, 0.717) is 5.56 Å². The lowest BCUT2D eigenvalue weighted by Crippen LogP contribution is -2.55. The molecule has 122 valence electrons. The van der Waals surface area contributed by atoms with Crippen LogP contribution in [-0.2, 0) is 25.5 Å². The monoisotopic (exact) mass is 312 g/mol. The Balaban J connectivity index is 2.71. The highest BCUT2D eigenvalue weighted by Gasteiger charge is 2.34. The van der Waals surface area contributed by atoms with Gasteiger partial charge in [0.25, 0.3) is 0 Å². The van der Waals surface area contributed by atoms with Crippen LogP contribution >= 0.6 is 0 Å². The van der Waals surface area contributed by atoms with Gasteiger partial charge in [-0.2, -0.15) is 0 Å². The molecule has 0 spiro atoms. The van der Waals surface area contributed by atoms with E-state index in [1.807, 2.05) is 0 Å². The van der Waals surface area contributed by atoms with E-state index in [1.54, 1.807) is 6.07 Å². The zero-order valence-corrected chi connectivity index (χ0v) is 12.5. The summed E-state index contributed by atoms with van der Waals surface area (Å²) in [4.78, 5) is 23.1. The van der Waals surface area contributed by atoms with Crippen LogP contribution in [0, 0.1) is 0 Å². The smallest absolute Gasteiger partial charge is 0.327 e. The first-order valence-corrected chi connectivity index (χ1v) is 6.55. The van der Waals surface area contributed by atoms with Crippen LogP contribution in [0.15, 0.2) is 18.2 Å². The number of methoxy groups -OCH3 is 1. The fourth-order valence-electron chi connectivity index (χ4n) is 1.76. The second kappa shape index (κ2) is 7.62. The van der Waals surface area contributed by atoms with Crippen LogP contribution in [0.4, 0.5) is 0 Å². The first-order valence-electron chi connectivity index (χ1n) is 6.55. The van der Waals surface area contributed by atoms with E-state index in [1.165, 1.54) is 26.2 Å². The lowest BCUT2D eigenvalue weighted by molar-refractivity contribution is -0.153. The van der Waals surface area contributed by atoms with Crippen molar-refractivity contribution in [2.45, 2.75) is 25.3 Å². The largest absolute Gasteiger partial charge is 0.504 e. The number of phenols is 2. The van der Waals surface area contributed by atoms with Gasteiger partial charge in [0.1, 0.15) is 12.1 Å². The van der Waals surface area contributed by atoms with Gasteiger partial charge in [-0.1, -0.05) is 6.07 Å². The predicted octanol–water partition coefficient (Wildman–Crippen LogP) is -0.0314. The van der Waals surface area contributed by atoms with Crippen molar-refractivity contribution in [2.75, 3.05) is 13.7 Å². The van der Waals surface area contributed by atoms with Gasteiger partial charge in [-0.15, -0.1) is 0 Å². The van der Waals surface area contributed by atoms with Gasteiger partial charge in [0.2, 0.25) is 0 Å². The highest BCUT2D eigenvalue weighted by atomic mass is 16.5. The van der Waals surface area contributed by atoms with Crippen molar-refractivity contribution < 1.29 is 29.3 Å². The topological polar surface area (TPSA) is 131 Å². The number of carbonyl (C=O) groups excluding carboxylic acids is 2. The predicted molar refractivity (Wildman–Crippen MR) is 76.8 cm³/mol. The fourth-order valence-corrected chi connectivity index (χ4v) is 1.76. The summed E-state index contributed by atoms with van der Waals surface area (Å²) in [5.74, 6) is 3.74. The Bertz CT molecular complexity index is 548. The van der Waals surface area contributed by atoms with Crippen molar-refractivity contribution in [1.29, 1.82) is 0 Å². The Labute approximate surface area is 127 Å². The standard InChI is InChI=1S/C14H20N2O6/c1-14(16-15,13(20)22-6-5-12(19)21-2)8-9-3-4-10(17)11(18)7-9/h3-4,7,16-18H,5-6,8,15H2,1-2H3/t14-/m0/s1. The minimum Gasteiger partial charge on any atom is -0.504 e. The minimum absolute atomic E-state index is 0.0527. The number of benzene rings is 1. The number of nitrogens with one attached hydrogen (secondary N) is 1. The van der Waals surface area contributed by atoms with Crippen LogP contribution in [0.3, 0.4) is 0 Å². The molecule has 0 unspecified atom stereocenters. The quantitative estimate of drug-likeness (QED) is 0.239. The summed E-state index contributed by atoms with van der Waals surface area (Å²) < 4.78 is 9.44. The van der Waals surface area contributed by atoms with Gasteiger partial charge in [-0.3, -0.25) is 10.6 Å². The SMILES string of the molecule is COC(=O)CCOC(=O)[C@](C)(Cc1ccc(O)c(O)c1)NN. The number of carbonyl (C=O) groups is 2. The molecule has 0 saturated heterocycles. The normalized spacial score (nSPS) is 13.2. The number of phenolic OH excluding ortho intramolecular Hbond substituents is 2. The third-order valence-corrected chi connectivity index (χ3v) is 3.13. The molecule has 0 heterocycles. The molecule has 1 rings (SSSR count). The molecular weight excluding hydrogens is 292 g/mol. The van der Waals surface area contributed by atoms with E-state index < -0.39 is 17.5 Å². The van der Waals surface area contributed by atoms with Crippen LogP contribution in [0.5, 0.6) is 11.5 Å². The van der Waals surface area contributed by atoms with Crippen molar-refractivity contribution >= 4 is 11.9 Å². The zero-order chi connectivity index (χ0) is 16.8. The molecule has 0 fully saturated rings. The molecule has 0 bridgehead atoms.